The zero-order chi connectivity index (χ0) is 37.1. The second-order valence-electron chi connectivity index (χ2n) is 13.6. The number of nitrogens with one attached hydrogen (secondary N) is 2. The Kier molecular flexibility index (Phi) is 8.77. The standard InChI is InChI=1S/C37H30ClF4N9O2S/c38-27-6-2-4-19-3-1-5-24(30(19)27)32-31(39)33-25(14-43-32)35(50-15-22-9-10-23(16-50)45-22)48-36(47-33)53-17-29(52)46-21-11-12-28(26(13-21)37(40,41)42)54-51-18-44-34(49-51)20-7-8-20/h1-6,11-14,18,20,22-23,45H,7-10,15-17H2,(H,46,52). The first-order valence-electron chi connectivity index (χ1n) is 17.4. The third-order valence-corrected chi connectivity index (χ3v) is 11.0. The molecule has 276 valence electrons. The highest BCUT2D eigenvalue weighted by Gasteiger charge is 2.36. The van der Waals surface area contributed by atoms with Crippen LogP contribution in [0.1, 0.15) is 43.0 Å². The van der Waals surface area contributed by atoms with E-state index in [1.807, 2.05) is 23.1 Å². The minimum Gasteiger partial charge on any atom is -0.453 e. The first kappa shape index (κ1) is 34.7. The zero-order valence-corrected chi connectivity index (χ0v) is 29.9. The van der Waals surface area contributed by atoms with E-state index in [0.717, 1.165) is 49.1 Å². The van der Waals surface area contributed by atoms with E-state index < -0.39 is 30.1 Å². The molecule has 11 nitrogen and oxygen atoms in total. The van der Waals surface area contributed by atoms with Crippen LogP contribution in [0.4, 0.5) is 29.1 Å². The van der Waals surface area contributed by atoms with Gasteiger partial charge in [0.05, 0.1) is 10.9 Å². The number of benzene rings is 3. The molecule has 0 radical (unpaired) electrons. The van der Waals surface area contributed by atoms with Crippen molar-refractivity contribution < 1.29 is 27.1 Å². The van der Waals surface area contributed by atoms with Gasteiger partial charge in [-0.15, -0.1) is 5.10 Å². The summed E-state index contributed by atoms with van der Waals surface area (Å²) in [6.07, 6.45) is 2.11. The molecule has 3 aliphatic rings. The van der Waals surface area contributed by atoms with E-state index in [1.54, 1.807) is 18.2 Å². The number of rotatable bonds is 9. The summed E-state index contributed by atoms with van der Waals surface area (Å²) in [5, 5.41) is 12.6. The van der Waals surface area contributed by atoms with Crippen LogP contribution in [0.15, 0.2) is 72.0 Å². The number of pyridine rings is 1. The number of halogens is 5. The van der Waals surface area contributed by atoms with Crippen LogP contribution >= 0.6 is 23.5 Å². The maximum Gasteiger partial charge on any atom is 0.417 e. The molecule has 17 heteroatoms. The summed E-state index contributed by atoms with van der Waals surface area (Å²) >= 11 is 7.35. The van der Waals surface area contributed by atoms with Gasteiger partial charge in [-0.25, -0.2) is 9.37 Å². The number of piperazine rings is 1. The molecular formula is C37H30ClF4N9O2S. The van der Waals surface area contributed by atoms with Crippen LogP contribution in [0, 0.1) is 5.82 Å². The van der Waals surface area contributed by atoms with Gasteiger partial charge >= 0.3 is 12.2 Å². The topological polar surface area (TPSA) is 123 Å². The molecule has 2 N–H and O–H groups in total. The fraction of sp³-hybridized carbons (Fsp3) is 0.297. The summed E-state index contributed by atoms with van der Waals surface area (Å²) in [7, 11) is 0. The lowest BCUT2D eigenvalue weighted by Crippen LogP contribution is -2.51. The van der Waals surface area contributed by atoms with Crippen molar-refractivity contribution in [1.29, 1.82) is 0 Å². The van der Waals surface area contributed by atoms with Crippen molar-refractivity contribution >= 4 is 62.6 Å². The Balaban J connectivity index is 1.00. The van der Waals surface area contributed by atoms with Crippen molar-refractivity contribution in [3.63, 3.8) is 0 Å². The lowest BCUT2D eigenvalue weighted by atomic mass is 10.0. The number of ether oxygens (including phenoxy) is 1. The van der Waals surface area contributed by atoms with Gasteiger partial charge < -0.3 is 20.3 Å². The Labute approximate surface area is 314 Å². The maximum atomic E-state index is 16.7. The van der Waals surface area contributed by atoms with Crippen molar-refractivity contribution in [1.82, 2.24) is 34.4 Å². The molecule has 3 aromatic carbocycles. The Morgan fingerprint density at radius 2 is 1.80 bits per heavy atom. The summed E-state index contributed by atoms with van der Waals surface area (Å²) in [5.41, 5.74) is -0.593. The van der Waals surface area contributed by atoms with E-state index in [2.05, 4.69) is 35.7 Å². The van der Waals surface area contributed by atoms with Gasteiger partial charge in [0.2, 0.25) is 0 Å². The molecule has 54 heavy (non-hydrogen) atoms. The average Bonchev–Trinajstić information content (AvgIpc) is 3.81. The number of nitrogens with zero attached hydrogens (tertiary/aromatic N) is 7. The summed E-state index contributed by atoms with van der Waals surface area (Å²) < 4.78 is 66.2. The van der Waals surface area contributed by atoms with E-state index in [4.69, 9.17) is 16.3 Å². The number of carbonyl (C=O) groups excluding carboxylic acids is 1. The molecule has 2 aliphatic heterocycles. The van der Waals surface area contributed by atoms with Crippen LogP contribution in [0.3, 0.4) is 0 Å². The molecule has 1 amide bonds. The number of hydrogen-bond donors (Lipinski definition) is 2. The molecule has 9 rings (SSSR count). The van der Waals surface area contributed by atoms with Gasteiger partial charge in [0.15, 0.2) is 18.2 Å². The van der Waals surface area contributed by atoms with Crippen LogP contribution in [-0.2, 0) is 11.0 Å². The molecule has 1 aliphatic carbocycles. The number of hydrogen-bond acceptors (Lipinski definition) is 10. The Morgan fingerprint density at radius 1 is 1.02 bits per heavy atom. The van der Waals surface area contributed by atoms with Crippen molar-refractivity contribution in [2.75, 3.05) is 29.9 Å². The quantitative estimate of drug-likeness (QED) is 0.142. The largest absolute Gasteiger partial charge is 0.453 e. The van der Waals surface area contributed by atoms with Crippen molar-refractivity contribution in [2.45, 2.75) is 54.8 Å². The highest BCUT2D eigenvalue weighted by molar-refractivity contribution is 7.97. The van der Waals surface area contributed by atoms with Crippen molar-refractivity contribution in [3.8, 4) is 17.3 Å². The molecule has 2 saturated heterocycles. The van der Waals surface area contributed by atoms with Crippen molar-refractivity contribution in [2.24, 2.45) is 0 Å². The third kappa shape index (κ3) is 6.77. The molecule has 5 heterocycles. The fourth-order valence-electron chi connectivity index (χ4n) is 7.15. The molecule has 2 unspecified atom stereocenters. The number of anilines is 2. The van der Waals surface area contributed by atoms with Crippen LogP contribution in [-0.4, -0.2) is 66.8 Å². The normalized spacial score (nSPS) is 18.4. The van der Waals surface area contributed by atoms with Gasteiger partial charge in [0.25, 0.3) is 5.91 Å². The first-order chi connectivity index (χ1) is 26.1. The van der Waals surface area contributed by atoms with E-state index in [-0.39, 0.29) is 45.8 Å². The van der Waals surface area contributed by atoms with Gasteiger partial charge in [-0.3, -0.25) is 9.78 Å². The summed E-state index contributed by atoms with van der Waals surface area (Å²) in [6.45, 7) is 0.565. The Bertz CT molecular complexity index is 2430. The monoisotopic (exact) mass is 775 g/mol. The van der Waals surface area contributed by atoms with Gasteiger partial charge in [-0.05, 0) is 55.3 Å². The number of carbonyl (C=O) groups is 1. The molecule has 2 bridgehead atoms. The number of fused-ring (bicyclic) bond motifs is 4. The lowest BCUT2D eigenvalue weighted by molar-refractivity contribution is -0.139. The maximum absolute atomic E-state index is 16.7. The third-order valence-electron chi connectivity index (χ3n) is 9.79. The minimum atomic E-state index is -4.71. The highest BCUT2D eigenvalue weighted by Crippen LogP contribution is 2.41. The van der Waals surface area contributed by atoms with Gasteiger partial charge in [0, 0.05) is 75.8 Å². The SMILES string of the molecule is O=C(COc1nc(N2CC3CCC(C2)N3)c2cnc(-c3cccc4cccc(Cl)c34)c(F)c2n1)Nc1ccc(Sn2cnc(C3CC3)n2)c(C(F)(F)F)c1. The van der Waals surface area contributed by atoms with E-state index in [9.17, 15) is 18.0 Å². The number of aromatic nitrogens is 6. The molecule has 1 saturated carbocycles. The van der Waals surface area contributed by atoms with Crippen molar-refractivity contribution in [3.05, 3.63) is 89.3 Å². The number of alkyl halides is 3. The van der Waals surface area contributed by atoms with Crippen LogP contribution in [0.25, 0.3) is 32.9 Å². The van der Waals surface area contributed by atoms with Crippen LogP contribution in [0.5, 0.6) is 6.01 Å². The second kappa shape index (κ2) is 13.7. The van der Waals surface area contributed by atoms with E-state index >= 15 is 4.39 Å². The highest BCUT2D eigenvalue weighted by atomic mass is 35.5. The predicted octanol–water partition coefficient (Wildman–Crippen LogP) is 7.64. The van der Waals surface area contributed by atoms with Crippen LogP contribution < -0.4 is 20.3 Å². The van der Waals surface area contributed by atoms with E-state index in [0.29, 0.717) is 46.1 Å². The lowest BCUT2D eigenvalue weighted by Gasteiger charge is -2.34. The number of amides is 1. The van der Waals surface area contributed by atoms with E-state index in [1.165, 1.54) is 28.7 Å². The molecule has 3 aromatic heterocycles. The summed E-state index contributed by atoms with van der Waals surface area (Å²) in [6, 6.07) is 14.5. The first-order valence-corrected chi connectivity index (χ1v) is 18.5. The fourth-order valence-corrected chi connectivity index (χ4v) is 8.25. The van der Waals surface area contributed by atoms with Gasteiger partial charge in [0.1, 0.15) is 23.4 Å². The van der Waals surface area contributed by atoms with Gasteiger partial charge in [-0.1, -0.05) is 41.9 Å². The smallest absolute Gasteiger partial charge is 0.417 e. The van der Waals surface area contributed by atoms with Gasteiger partial charge in [-0.2, -0.15) is 27.2 Å². The second-order valence-corrected chi connectivity index (χ2v) is 15.0. The minimum absolute atomic E-state index is 0.0316. The Morgan fingerprint density at radius 3 is 2.56 bits per heavy atom. The summed E-state index contributed by atoms with van der Waals surface area (Å²) in [4.78, 5) is 32.8. The molecule has 6 aromatic rings. The molecular weight excluding hydrogens is 746 g/mol. The Hall–Kier alpha value is -5.06. The average molecular weight is 776 g/mol. The van der Waals surface area contributed by atoms with Crippen LogP contribution in [0.2, 0.25) is 5.02 Å². The predicted molar refractivity (Wildman–Crippen MR) is 196 cm³/mol. The molecule has 2 atom stereocenters. The molecule has 0 spiro atoms. The summed E-state index contributed by atoms with van der Waals surface area (Å²) in [5.74, 6) is -0.219. The molecule has 3 fully saturated rings. The zero-order valence-electron chi connectivity index (χ0n) is 28.3.